The highest BCUT2D eigenvalue weighted by molar-refractivity contribution is 7.92. The molecule has 228 valence electrons. The first-order valence-electron chi connectivity index (χ1n) is 13.8. The van der Waals surface area contributed by atoms with Gasteiger partial charge in [-0.15, -0.1) is 0 Å². The number of aliphatic hydroxyl groups is 3. The minimum atomic E-state index is -4.09. The van der Waals surface area contributed by atoms with Crippen molar-refractivity contribution in [2.45, 2.75) is 79.3 Å². The van der Waals surface area contributed by atoms with Gasteiger partial charge >= 0.3 is 0 Å². The molecule has 4 N–H and O–H groups in total. The number of halogens is 4. The third kappa shape index (κ3) is 5.71. The Balaban J connectivity index is 1.29. The highest BCUT2D eigenvalue weighted by Gasteiger charge is 2.55. The van der Waals surface area contributed by atoms with Crippen molar-refractivity contribution in [1.82, 2.24) is 0 Å². The average Bonchev–Trinajstić information content (AvgIpc) is 3.31. The van der Waals surface area contributed by atoms with Crippen LogP contribution in [0.1, 0.15) is 61.7 Å². The lowest BCUT2D eigenvalue weighted by Gasteiger charge is -2.42. The van der Waals surface area contributed by atoms with Gasteiger partial charge in [-0.2, -0.15) is 0 Å². The lowest BCUT2D eigenvalue weighted by Crippen LogP contribution is -2.48. The van der Waals surface area contributed by atoms with Crippen molar-refractivity contribution in [2.75, 3.05) is 5.32 Å². The van der Waals surface area contributed by atoms with Crippen molar-refractivity contribution < 1.29 is 46.5 Å². The number of fused-ring (bicyclic) bond motifs is 2. The van der Waals surface area contributed by atoms with Gasteiger partial charge in [0.1, 0.15) is 5.78 Å². The second-order valence-electron chi connectivity index (χ2n) is 11.7. The van der Waals surface area contributed by atoms with Crippen LogP contribution < -0.4 is 5.32 Å². The van der Waals surface area contributed by atoms with E-state index in [4.69, 9.17) is 11.6 Å². The molecule has 4 atom stereocenters. The number of amides is 1. The fourth-order valence-electron chi connectivity index (χ4n) is 6.93. The van der Waals surface area contributed by atoms with E-state index in [1.54, 1.807) is 0 Å². The van der Waals surface area contributed by atoms with Crippen LogP contribution in [0.25, 0.3) is 0 Å². The molecule has 4 unspecified atom stereocenters. The second kappa shape index (κ2) is 11.5. The maximum Gasteiger partial charge on any atom is 0.255 e. The molecule has 0 aromatic heterocycles. The Kier molecular flexibility index (Phi) is 8.49. The number of sulfone groups is 1. The summed E-state index contributed by atoms with van der Waals surface area (Å²) in [6.07, 6.45) is 0.145. The summed E-state index contributed by atoms with van der Waals surface area (Å²) in [5.74, 6) is -6.95. The SMILES string of the molecule is O=C(Nc1cc(F)c(F)c(F)c1)c1ccc(Cl)c(S(=O)(=O)C2CC3CCC(C2)C3(O)CCC(=O)C2CC(O)C(O)C2)c1. The van der Waals surface area contributed by atoms with Crippen molar-refractivity contribution in [3.63, 3.8) is 0 Å². The van der Waals surface area contributed by atoms with Crippen LogP contribution in [0.5, 0.6) is 0 Å². The summed E-state index contributed by atoms with van der Waals surface area (Å²) in [6, 6.07) is 4.74. The Labute approximate surface area is 245 Å². The minimum Gasteiger partial charge on any atom is -0.390 e. The third-order valence-electron chi connectivity index (χ3n) is 9.28. The Morgan fingerprint density at radius 3 is 2.10 bits per heavy atom. The first-order valence-corrected chi connectivity index (χ1v) is 15.7. The molecule has 0 aliphatic heterocycles. The third-order valence-corrected chi connectivity index (χ3v) is 11.9. The molecule has 42 heavy (non-hydrogen) atoms. The zero-order valence-corrected chi connectivity index (χ0v) is 24.0. The molecule has 8 nitrogen and oxygen atoms in total. The molecule has 3 saturated carbocycles. The molecule has 3 aliphatic carbocycles. The van der Waals surface area contributed by atoms with Crippen LogP contribution in [0.4, 0.5) is 18.9 Å². The lowest BCUT2D eigenvalue weighted by atomic mass is 9.71. The number of aliphatic hydroxyl groups excluding tert-OH is 2. The van der Waals surface area contributed by atoms with Gasteiger partial charge in [-0.1, -0.05) is 11.6 Å². The number of Topliss-reactive ketones (excluding diaryl/α,β-unsaturated/α-hetero) is 1. The molecule has 5 rings (SSSR count). The van der Waals surface area contributed by atoms with Gasteiger partial charge in [-0.3, -0.25) is 9.59 Å². The summed E-state index contributed by atoms with van der Waals surface area (Å²) in [7, 11) is -4.09. The molecule has 2 aromatic carbocycles. The van der Waals surface area contributed by atoms with Crippen LogP contribution in [0.2, 0.25) is 5.02 Å². The van der Waals surface area contributed by atoms with Crippen LogP contribution >= 0.6 is 11.6 Å². The molecule has 2 aromatic rings. The van der Waals surface area contributed by atoms with Crippen molar-refractivity contribution >= 4 is 38.8 Å². The zero-order chi connectivity index (χ0) is 30.6. The van der Waals surface area contributed by atoms with E-state index < -0.39 is 62.2 Å². The molecule has 3 aliphatic rings. The Bertz CT molecular complexity index is 1470. The maximum atomic E-state index is 13.8. The van der Waals surface area contributed by atoms with Gasteiger partial charge in [0, 0.05) is 35.7 Å². The van der Waals surface area contributed by atoms with E-state index in [1.807, 2.05) is 0 Å². The summed E-state index contributed by atoms with van der Waals surface area (Å²) in [6.45, 7) is 0. The van der Waals surface area contributed by atoms with Gasteiger partial charge < -0.3 is 20.6 Å². The van der Waals surface area contributed by atoms with E-state index in [0.717, 1.165) is 6.07 Å². The molecular formula is C29H31ClF3NO7S. The summed E-state index contributed by atoms with van der Waals surface area (Å²) in [5.41, 5.74) is -1.74. The van der Waals surface area contributed by atoms with Crippen LogP contribution in [-0.2, 0) is 14.6 Å². The lowest BCUT2D eigenvalue weighted by molar-refractivity contribution is -0.126. The summed E-state index contributed by atoms with van der Waals surface area (Å²) >= 11 is 6.26. The Morgan fingerprint density at radius 1 is 0.952 bits per heavy atom. The Morgan fingerprint density at radius 2 is 1.52 bits per heavy atom. The van der Waals surface area contributed by atoms with E-state index in [-0.39, 0.29) is 77.3 Å². The van der Waals surface area contributed by atoms with Crippen molar-refractivity contribution in [1.29, 1.82) is 0 Å². The number of carbonyl (C=O) groups excluding carboxylic acids is 2. The van der Waals surface area contributed by atoms with Crippen LogP contribution in [0, 0.1) is 35.2 Å². The van der Waals surface area contributed by atoms with E-state index in [2.05, 4.69) is 5.32 Å². The number of benzene rings is 2. The van der Waals surface area contributed by atoms with E-state index in [9.17, 15) is 46.5 Å². The summed E-state index contributed by atoms with van der Waals surface area (Å²) < 4.78 is 67.9. The minimum absolute atomic E-state index is 0.0653. The predicted octanol–water partition coefficient (Wildman–Crippen LogP) is 4.18. The van der Waals surface area contributed by atoms with Gasteiger partial charge in [0.2, 0.25) is 0 Å². The molecule has 0 radical (unpaired) electrons. The monoisotopic (exact) mass is 629 g/mol. The highest BCUT2D eigenvalue weighted by Crippen LogP contribution is 2.54. The fourth-order valence-corrected chi connectivity index (χ4v) is 9.33. The molecule has 0 heterocycles. The topological polar surface area (TPSA) is 141 Å². The van der Waals surface area contributed by atoms with E-state index >= 15 is 0 Å². The van der Waals surface area contributed by atoms with Gasteiger partial charge in [-0.05, 0) is 75.0 Å². The molecule has 3 fully saturated rings. The quantitative estimate of drug-likeness (QED) is 0.321. The second-order valence-corrected chi connectivity index (χ2v) is 14.3. The normalized spacial score (nSPS) is 30.8. The number of hydrogen-bond donors (Lipinski definition) is 4. The number of ketones is 1. The summed E-state index contributed by atoms with van der Waals surface area (Å²) in [4.78, 5) is 25.2. The number of hydrogen-bond acceptors (Lipinski definition) is 7. The first kappa shape index (κ1) is 30.9. The van der Waals surface area contributed by atoms with Crippen molar-refractivity contribution in [3.05, 3.63) is 58.4 Å². The smallest absolute Gasteiger partial charge is 0.255 e. The molecule has 0 spiro atoms. The predicted molar refractivity (Wildman–Crippen MR) is 146 cm³/mol. The summed E-state index contributed by atoms with van der Waals surface area (Å²) in [5, 5.41) is 32.3. The van der Waals surface area contributed by atoms with Crippen molar-refractivity contribution in [2.24, 2.45) is 17.8 Å². The average molecular weight is 630 g/mol. The Hall–Kier alpha value is -2.51. The fraction of sp³-hybridized carbons (Fsp3) is 0.517. The van der Waals surface area contributed by atoms with E-state index in [1.165, 1.54) is 12.1 Å². The molecular weight excluding hydrogens is 599 g/mol. The highest BCUT2D eigenvalue weighted by atomic mass is 35.5. The maximum absolute atomic E-state index is 13.8. The molecule has 0 saturated heterocycles. The first-order chi connectivity index (χ1) is 19.7. The van der Waals surface area contributed by atoms with E-state index in [0.29, 0.717) is 25.0 Å². The standard InChI is InChI=1S/C29H31ClF3NO7S/c30-20-4-1-14(28(38)34-18-12-21(31)27(33)22(32)13-18)9-26(20)42(40,41)19-10-16-2-3-17(11-19)29(16,39)6-5-23(35)15-7-24(36)25(37)8-15/h1,4,9,12-13,15-17,19,24-25,36-37,39H,2-3,5-8,10-11H2,(H,34,38). The number of carbonyl (C=O) groups is 2. The van der Waals surface area contributed by atoms with Gasteiger partial charge in [0.15, 0.2) is 27.3 Å². The van der Waals surface area contributed by atoms with Crippen LogP contribution in [-0.4, -0.2) is 58.5 Å². The number of anilines is 1. The van der Waals surface area contributed by atoms with Gasteiger partial charge in [-0.25, -0.2) is 21.6 Å². The zero-order valence-electron chi connectivity index (χ0n) is 22.4. The van der Waals surface area contributed by atoms with Gasteiger partial charge in [0.25, 0.3) is 5.91 Å². The van der Waals surface area contributed by atoms with Gasteiger partial charge in [0.05, 0.1) is 33.0 Å². The number of nitrogens with one attached hydrogen (secondary N) is 1. The molecule has 1 amide bonds. The molecule has 13 heteroatoms. The van der Waals surface area contributed by atoms with Crippen molar-refractivity contribution in [3.8, 4) is 0 Å². The largest absolute Gasteiger partial charge is 0.390 e. The number of rotatable bonds is 8. The van der Waals surface area contributed by atoms with Crippen LogP contribution in [0.3, 0.4) is 0 Å². The molecule has 2 bridgehead atoms. The van der Waals surface area contributed by atoms with Crippen LogP contribution in [0.15, 0.2) is 35.2 Å².